The molecule has 0 aliphatic carbocycles. The summed E-state index contributed by atoms with van der Waals surface area (Å²) in [5, 5.41) is 12.0. The number of likely N-dealkylation sites (tertiary alicyclic amines) is 1. The zero-order chi connectivity index (χ0) is 26.1. The summed E-state index contributed by atoms with van der Waals surface area (Å²) >= 11 is 0. The first-order valence-electron chi connectivity index (χ1n) is 12.0. The highest BCUT2D eigenvalue weighted by Crippen LogP contribution is 2.23. The van der Waals surface area contributed by atoms with Crippen molar-refractivity contribution in [2.75, 3.05) is 33.4 Å². The third-order valence-electron chi connectivity index (χ3n) is 5.77. The Bertz CT molecular complexity index is 1080. The van der Waals surface area contributed by atoms with Crippen LogP contribution in [0.2, 0.25) is 0 Å². The second-order valence-electron chi connectivity index (χ2n) is 9.71. The van der Waals surface area contributed by atoms with Gasteiger partial charge in [-0.05, 0) is 75.7 Å². The molecular formula is C28H34FN3O4. The van der Waals surface area contributed by atoms with Crippen LogP contribution in [0.5, 0.6) is 11.5 Å². The normalized spacial score (nSPS) is 15.2. The predicted octanol–water partition coefficient (Wildman–Crippen LogP) is 4.17. The molecule has 2 aromatic carbocycles. The smallest absolute Gasteiger partial charge is 0.244 e. The van der Waals surface area contributed by atoms with Crippen LogP contribution < -0.4 is 14.8 Å². The van der Waals surface area contributed by atoms with Crippen molar-refractivity contribution in [3.63, 3.8) is 0 Å². The van der Waals surface area contributed by atoms with Crippen molar-refractivity contribution in [2.24, 2.45) is 0 Å². The van der Waals surface area contributed by atoms with E-state index >= 15 is 0 Å². The van der Waals surface area contributed by atoms with E-state index in [0.717, 1.165) is 13.1 Å². The van der Waals surface area contributed by atoms with Crippen LogP contribution in [0.15, 0.2) is 48.5 Å². The second-order valence-corrected chi connectivity index (χ2v) is 9.71. The van der Waals surface area contributed by atoms with Crippen molar-refractivity contribution in [3.8, 4) is 17.6 Å². The van der Waals surface area contributed by atoms with Gasteiger partial charge in [0.15, 0.2) is 0 Å². The maximum atomic E-state index is 13.1. The van der Waals surface area contributed by atoms with E-state index in [9.17, 15) is 9.18 Å². The van der Waals surface area contributed by atoms with E-state index in [1.54, 1.807) is 43.5 Å². The Balaban J connectivity index is 1.51. The number of nitrogens with zero attached hydrogens (tertiary/aromatic N) is 2. The maximum absolute atomic E-state index is 13.1. The lowest BCUT2D eigenvalue weighted by Gasteiger charge is -2.44. The van der Waals surface area contributed by atoms with Crippen molar-refractivity contribution in [1.29, 1.82) is 5.26 Å². The molecule has 0 aromatic heterocycles. The SMILES string of the molecule is COc1ccc(C#N)cc1/C=C/C(=O)NCC[C@@H](COC(C)(C)C)N1CC(Oc2ccc(F)cc2)C1. The zero-order valence-corrected chi connectivity index (χ0v) is 21.3. The highest BCUT2D eigenvalue weighted by atomic mass is 19.1. The van der Waals surface area contributed by atoms with Gasteiger partial charge in [-0.15, -0.1) is 0 Å². The number of nitrogens with one attached hydrogen (secondary N) is 1. The fourth-order valence-electron chi connectivity index (χ4n) is 3.79. The molecule has 1 aliphatic heterocycles. The van der Waals surface area contributed by atoms with E-state index in [2.05, 4.69) is 16.3 Å². The van der Waals surface area contributed by atoms with Crippen molar-refractivity contribution < 1.29 is 23.4 Å². The second kappa shape index (κ2) is 12.5. The Labute approximate surface area is 212 Å². The summed E-state index contributed by atoms with van der Waals surface area (Å²) < 4.78 is 30.4. The Morgan fingerprint density at radius 1 is 1.25 bits per heavy atom. The summed E-state index contributed by atoms with van der Waals surface area (Å²) in [5.74, 6) is 0.729. The Kier molecular flexibility index (Phi) is 9.45. The molecule has 1 atom stereocenters. The summed E-state index contributed by atoms with van der Waals surface area (Å²) in [6, 6.07) is 13.3. The van der Waals surface area contributed by atoms with E-state index in [0.29, 0.717) is 42.2 Å². The van der Waals surface area contributed by atoms with E-state index < -0.39 is 0 Å². The number of nitriles is 1. The molecule has 1 aliphatic rings. The largest absolute Gasteiger partial charge is 0.496 e. The lowest BCUT2D eigenvalue weighted by atomic mass is 10.0. The zero-order valence-electron chi connectivity index (χ0n) is 21.3. The van der Waals surface area contributed by atoms with Crippen LogP contribution in [0.1, 0.15) is 38.3 Å². The van der Waals surface area contributed by atoms with E-state index in [-0.39, 0.29) is 29.5 Å². The molecule has 1 saturated heterocycles. The van der Waals surface area contributed by atoms with Gasteiger partial charge in [-0.25, -0.2) is 4.39 Å². The topological polar surface area (TPSA) is 83.8 Å². The molecule has 0 saturated carbocycles. The molecule has 1 N–H and O–H groups in total. The van der Waals surface area contributed by atoms with Gasteiger partial charge in [0, 0.05) is 37.3 Å². The Hall–Kier alpha value is -3.41. The highest BCUT2D eigenvalue weighted by molar-refractivity contribution is 5.92. The van der Waals surface area contributed by atoms with E-state index in [1.165, 1.54) is 18.2 Å². The van der Waals surface area contributed by atoms with Crippen LogP contribution >= 0.6 is 0 Å². The van der Waals surface area contributed by atoms with Gasteiger partial charge in [-0.2, -0.15) is 5.26 Å². The minimum atomic E-state index is -0.288. The molecule has 0 radical (unpaired) electrons. The molecule has 1 amide bonds. The quantitative estimate of drug-likeness (QED) is 0.471. The van der Waals surface area contributed by atoms with Crippen LogP contribution in [0.3, 0.4) is 0 Å². The third kappa shape index (κ3) is 8.36. The van der Waals surface area contributed by atoms with Gasteiger partial charge in [0.2, 0.25) is 5.91 Å². The summed E-state index contributed by atoms with van der Waals surface area (Å²) in [6.45, 7) is 8.54. The number of hydrogen-bond donors (Lipinski definition) is 1. The summed E-state index contributed by atoms with van der Waals surface area (Å²) in [4.78, 5) is 14.7. The Morgan fingerprint density at radius 3 is 2.61 bits per heavy atom. The maximum Gasteiger partial charge on any atom is 0.244 e. The molecule has 3 rings (SSSR count). The number of ether oxygens (including phenoxy) is 3. The van der Waals surface area contributed by atoms with E-state index in [4.69, 9.17) is 19.5 Å². The van der Waals surface area contributed by atoms with Crippen LogP contribution in [0, 0.1) is 17.1 Å². The number of hydrogen-bond acceptors (Lipinski definition) is 6. The lowest BCUT2D eigenvalue weighted by molar-refractivity contribution is -0.116. The van der Waals surface area contributed by atoms with Gasteiger partial charge in [-0.1, -0.05) is 0 Å². The number of carbonyl (C=O) groups is 1. The van der Waals surface area contributed by atoms with Crippen molar-refractivity contribution in [2.45, 2.75) is 44.9 Å². The van der Waals surface area contributed by atoms with Crippen molar-refractivity contribution in [1.82, 2.24) is 10.2 Å². The standard InChI is InChI=1S/C28H34FN3O4/c1-28(2,3)35-19-23(32-17-25(18-32)36-24-9-7-22(29)8-10-24)13-14-31-27(33)12-6-21-15-20(16-30)5-11-26(21)34-4/h5-12,15,23,25H,13-14,17-19H2,1-4H3,(H,31,33)/b12-6+/t23-/m0/s1. The lowest BCUT2D eigenvalue weighted by Crippen LogP contribution is -2.59. The highest BCUT2D eigenvalue weighted by Gasteiger charge is 2.34. The molecule has 0 unspecified atom stereocenters. The molecule has 2 aromatic rings. The number of halogens is 1. The number of methoxy groups -OCH3 is 1. The fourth-order valence-corrected chi connectivity index (χ4v) is 3.79. The first-order chi connectivity index (χ1) is 17.2. The predicted molar refractivity (Wildman–Crippen MR) is 136 cm³/mol. The molecule has 8 heteroatoms. The number of amides is 1. The number of carbonyl (C=O) groups excluding carboxylic acids is 1. The van der Waals surface area contributed by atoms with Crippen LogP contribution in [-0.4, -0.2) is 61.9 Å². The molecule has 192 valence electrons. The van der Waals surface area contributed by atoms with Gasteiger partial charge in [0.05, 0.1) is 31.0 Å². The molecule has 36 heavy (non-hydrogen) atoms. The molecule has 1 fully saturated rings. The summed E-state index contributed by atoms with van der Waals surface area (Å²) in [5.41, 5.74) is 0.889. The average molecular weight is 496 g/mol. The molecule has 0 spiro atoms. The van der Waals surface area contributed by atoms with E-state index in [1.807, 2.05) is 20.8 Å². The summed E-state index contributed by atoms with van der Waals surface area (Å²) in [6.07, 6.45) is 3.83. The molecule has 7 nitrogen and oxygen atoms in total. The molecule has 1 heterocycles. The molecule has 0 bridgehead atoms. The number of benzene rings is 2. The molecular weight excluding hydrogens is 461 g/mol. The van der Waals surface area contributed by atoms with Crippen LogP contribution in [-0.2, 0) is 9.53 Å². The van der Waals surface area contributed by atoms with Crippen molar-refractivity contribution >= 4 is 12.0 Å². The monoisotopic (exact) mass is 495 g/mol. The average Bonchev–Trinajstić information content (AvgIpc) is 2.82. The summed E-state index contributed by atoms with van der Waals surface area (Å²) in [7, 11) is 1.55. The van der Waals surface area contributed by atoms with Crippen LogP contribution in [0.4, 0.5) is 4.39 Å². The fraction of sp³-hybridized carbons (Fsp3) is 0.429. The van der Waals surface area contributed by atoms with Gasteiger partial charge in [-0.3, -0.25) is 9.69 Å². The number of rotatable bonds is 11. The minimum Gasteiger partial charge on any atom is -0.496 e. The first-order valence-corrected chi connectivity index (χ1v) is 12.0. The van der Waals surface area contributed by atoms with Crippen LogP contribution in [0.25, 0.3) is 6.08 Å². The van der Waals surface area contributed by atoms with Gasteiger partial charge < -0.3 is 19.5 Å². The van der Waals surface area contributed by atoms with Gasteiger partial charge in [0.1, 0.15) is 23.4 Å². The first kappa shape index (κ1) is 27.2. The third-order valence-corrected chi connectivity index (χ3v) is 5.77. The minimum absolute atomic E-state index is 0.0317. The van der Waals surface area contributed by atoms with Crippen molar-refractivity contribution in [3.05, 3.63) is 65.5 Å². The van der Waals surface area contributed by atoms with Gasteiger partial charge >= 0.3 is 0 Å². The van der Waals surface area contributed by atoms with Gasteiger partial charge in [0.25, 0.3) is 0 Å². The Morgan fingerprint density at radius 2 is 1.97 bits per heavy atom.